The number of thioether (sulfide) groups is 1. The van der Waals surface area contributed by atoms with E-state index in [1.807, 2.05) is 6.26 Å². The minimum absolute atomic E-state index is 0.0127. The maximum atomic E-state index is 11.8. The van der Waals surface area contributed by atoms with Crippen LogP contribution in [0.2, 0.25) is 0 Å². The minimum Gasteiger partial charge on any atom is -0.392 e. The second-order valence-corrected chi connectivity index (χ2v) is 7.12. The molecule has 0 aliphatic heterocycles. The lowest BCUT2D eigenvalue weighted by Gasteiger charge is -2.07. The van der Waals surface area contributed by atoms with Crippen molar-refractivity contribution in [3.05, 3.63) is 35.4 Å². The highest BCUT2D eigenvalue weighted by Gasteiger charge is 2.10. The van der Waals surface area contributed by atoms with Crippen LogP contribution in [-0.2, 0) is 22.4 Å². The zero-order valence-corrected chi connectivity index (χ0v) is 12.8. The smallest absolute Gasteiger partial charge is 0.215 e. The molecule has 2 N–H and O–H groups in total. The molecule has 0 radical (unpaired) electrons. The van der Waals surface area contributed by atoms with Gasteiger partial charge < -0.3 is 5.11 Å². The topological polar surface area (TPSA) is 66.4 Å². The van der Waals surface area contributed by atoms with E-state index in [1.54, 1.807) is 36.0 Å². The van der Waals surface area contributed by atoms with Gasteiger partial charge in [-0.15, -0.1) is 0 Å². The molecule has 0 spiro atoms. The van der Waals surface area contributed by atoms with Gasteiger partial charge in [-0.1, -0.05) is 24.3 Å². The number of sulfonamides is 1. The molecule has 4 nitrogen and oxygen atoms in total. The summed E-state index contributed by atoms with van der Waals surface area (Å²) in [6.07, 6.45) is 3.93. The van der Waals surface area contributed by atoms with E-state index < -0.39 is 10.0 Å². The Hall–Kier alpha value is -0.560. The summed E-state index contributed by atoms with van der Waals surface area (Å²) < 4.78 is 26.3. The van der Waals surface area contributed by atoms with Gasteiger partial charge in [0.15, 0.2) is 0 Å². The molecule has 0 aliphatic rings. The second kappa shape index (κ2) is 8.58. The van der Waals surface area contributed by atoms with Gasteiger partial charge in [-0.05, 0) is 36.0 Å². The van der Waals surface area contributed by atoms with Crippen LogP contribution in [0.4, 0.5) is 0 Å². The van der Waals surface area contributed by atoms with Crippen molar-refractivity contribution in [3.63, 3.8) is 0 Å². The van der Waals surface area contributed by atoms with Gasteiger partial charge in [0, 0.05) is 6.54 Å². The Morgan fingerprint density at radius 1 is 1.16 bits per heavy atom. The summed E-state index contributed by atoms with van der Waals surface area (Å²) >= 11 is 1.77. The fraction of sp³-hybridized carbons (Fsp3) is 0.538. The molecule has 19 heavy (non-hydrogen) atoms. The number of nitrogens with one attached hydrogen (secondary N) is 1. The fourth-order valence-corrected chi connectivity index (χ4v) is 3.29. The predicted molar refractivity (Wildman–Crippen MR) is 80.6 cm³/mol. The Morgan fingerprint density at radius 3 is 2.37 bits per heavy atom. The summed E-state index contributed by atoms with van der Waals surface area (Å²) in [7, 11) is -3.26. The second-order valence-electron chi connectivity index (χ2n) is 4.33. The molecule has 0 aliphatic carbocycles. The minimum atomic E-state index is -3.26. The maximum absolute atomic E-state index is 11.8. The number of hydrogen-bond acceptors (Lipinski definition) is 4. The van der Waals surface area contributed by atoms with Crippen LogP contribution in [0.25, 0.3) is 0 Å². The molecule has 6 heteroatoms. The van der Waals surface area contributed by atoms with Crippen LogP contribution in [0, 0.1) is 0 Å². The first-order chi connectivity index (χ1) is 9.07. The van der Waals surface area contributed by atoms with Crippen molar-refractivity contribution in [2.45, 2.75) is 25.2 Å². The van der Waals surface area contributed by atoms with E-state index in [2.05, 4.69) is 4.72 Å². The fourth-order valence-electron chi connectivity index (χ4n) is 1.61. The van der Waals surface area contributed by atoms with E-state index in [-0.39, 0.29) is 12.4 Å². The number of aliphatic hydroxyl groups is 1. The predicted octanol–water partition coefficient (Wildman–Crippen LogP) is 1.74. The lowest BCUT2D eigenvalue weighted by atomic mass is 10.2. The van der Waals surface area contributed by atoms with Crippen LogP contribution in [0.5, 0.6) is 0 Å². The van der Waals surface area contributed by atoms with Gasteiger partial charge in [0.2, 0.25) is 10.0 Å². The number of aliphatic hydroxyl groups excluding tert-OH is 1. The molecule has 1 aromatic carbocycles. The van der Waals surface area contributed by atoms with E-state index in [4.69, 9.17) is 5.11 Å². The van der Waals surface area contributed by atoms with Gasteiger partial charge >= 0.3 is 0 Å². The van der Waals surface area contributed by atoms with Crippen LogP contribution in [0.1, 0.15) is 24.0 Å². The van der Waals surface area contributed by atoms with E-state index in [0.717, 1.165) is 29.7 Å². The highest BCUT2D eigenvalue weighted by atomic mass is 32.2. The van der Waals surface area contributed by atoms with Gasteiger partial charge in [-0.3, -0.25) is 0 Å². The molecule has 0 heterocycles. The lowest BCUT2D eigenvalue weighted by molar-refractivity contribution is 0.282. The normalized spacial score (nSPS) is 11.7. The number of benzene rings is 1. The van der Waals surface area contributed by atoms with E-state index in [1.165, 1.54) is 0 Å². The Bertz CT molecular complexity index is 457. The number of rotatable bonds is 9. The van der Waals surface area contributed by atoms with Crippen molar-refractivity contribution < 1.29 is 13.5 Å². The van der Waals surface area contributed by atoms with Crippen molar-refractivity contribution in [2.75, 3.05) is 18.6 Å². The SMILES string of the molecule is CSCCCCNS(=O)(=O)Cc1ccc(CO)cc1. The molecule has 0 bridgehead atoms. The summed E-state index contributed by atoms with van der Waals surface area (Å²) in [5, 5.41) is 8.92. The van der Waals surface area contributed by atoms with Crippen molar-refractivity contribution >= 4 is 21.8 Å². The van der Waals surface area contributed by atoms with Crippen molar-refractivity contribution in [3.8, 4) is 0 Å². The van der Waals surface area contributed by atoms with Crippen LogP contribution >= 0.6 is 11.8 Å². The van der Waals surface area contributed by atoms with Gasteiger partial charge in [0.25, 0.3) is 0 Å². The highest BCUT2D eigenvalue weighted by molar-refractivity contribution is 7.98. The van der Waals surface area contributed by atoms with Crippen molar-refractivity contribution in [1.82, 2.24) is 4.72 Å². The lowest BCUT2D eigenvalue weighted by Crippen LogP contribution is -2.26. The van der Waals surface area contributed by atoms with Crippen LogP contribution in [0.15, 0.2) is 24.3 Å². The Kier molecular flexibility index (Phi) is 7.45. The van der Waals surface area contributed by atoms with E-state index in [9.17, 15) is 8.42 Å². The van der Waals surface area contributed by atoms with Gasteiger partial charge in [0.1, 0.15) is 0 Å². The summed E-state index contributed by atoms with van der Waals surface area (Å²) in [4.78, 5) is 0. The first-order valence-electron chi connectivity index (χ1n) is 6.22. The molecule has 0 aromatic heterocycles. The maximum Gasteiger partial charge on any atom is 0.215 e. The van der Waals surface area contributed by atoms with E-state index >= 15 is 0 Å². The zero-order chi connectivity index (χ0) is 14.1. The highest BCUT2D eigenvalue weighted by Crippen LogP contribution is 2.08. The number of unbranched alkanes of at least 4 members (excludes halogenated alkanes) is 1. The Balaban J connectivity index is 2.40. The molecule has 0 amide bonds. The van der Waals surface area contributed by atoms with Crippen LogP contribution in [0.3, 0.4) is 0 Å². The first-order valence-corrected chi connectivity index (χ1v) is 9.27. The average molecular weight is 303 g/mol. The monoisotopic (exact) mass is 303 g/mol. The van der Waals surface area contributed by atoms with Crippen molar-refractivity contribution in [1.29, 1.82) is 0 Å². The summed E-state index contributed by atoms with van der Waals surface area (Å²) in [6, 6.07) is 6.95. The van der Waals surface area contributed by atoms with Crippen LogP contribution in [-0.4, -0.2) is 32.1 Å². The molecule has 1 aromatic rings. The quantitative estimate of drug-likeness (QED) is 0.682. The summed E-state index contributed by atoms with van der Waals surface area (Å²) in [5.74, 6) is 1.05. The zero-order valence-electron chi connectivity index (χ0n) is 11.1. The molecule has 0 fully saturated rings. The molecule has 1 rings (SSSR count). The molecule has 0 saturated heterocycles. The largest absolute Gasteiger partial charge is 0.392 e. The van der Waals surface area contributed by atoms with Gasteiger partial charge in [-0.2, -0.15) is 11.8 Å². The standard InChI is InChI=1S/C13H21NO3S2/c1-18-9-3-2-8-14-19(16,17)11-13-6-4-12(10-15)5-7-13/h4-7,14-15H,2-3,8-11H2,1H3. The third-order valence-electron chi connectivity index (χ3n) is 2.66. The number of hydrogen-bond donors (Lipinski definition) is 2. The molecule has 0 atom stereocenters. The summed E-state index contributed by atoms with van der Waals surface area (Å²) in [6.45, 7) is 0.471. The van der Waals surface area contributed by atoms with Crippen molar-refractivity contribution in [2.24, 2.45) is 0 Å². The van der Waals surface area contributed by atoms with Gasteiger partial charge in [0.05, 0.1) is 12.4 Å². The Morgan fingerprint density at radius 2 is 1.79 bits per heavy atom. The molecule has 108 valence electrons. The third-order valence-corrected chi connectivity index (χ3v) is 4.71. The Labute approximate surface area is 119 Å². The molecule has 0 unspecified atom stereocenters. The average Bonchev–Trinajstić information content (AvgIpc) is 2.39. The molecule has 0 saturated carbocycles. The third kappa shape index (κ3) is 6.96. The van der Waals surface area contributed by atoms with E-state index in [0.29, 0.717) is 6.54 Å². The van der Waals surface area contributed by atoms with Gasteiger partial charge in [-0.25, -0.2) is 13.1 Å². The summed E-state index contributed by atoms with van der Waals surface area (Å²) in [5.41, 5.74) is 1.51. The molecular weight excluding hydrogens is 282 g/mol. The first kappa shape index (κ1) is 16.5. The van der Waals surface area contributed by atoms with Crippen LogP contribution < -0.4 is 4.72 Å². The molecular formula is C13H21NO3S2.